The lowest BCUT2D eigenvalue weighted by atomic mass is 10.0. The van der Waals surface area contributed by atoms with Crippen LogP contribution >= 0.6 is 27.5 Å². The van der Waals surface area contributed by atoms with Crippen molar-refractivity contribution in [3.8, 4) is 17.6 Å². The Balaban J connectivity index is 1.60. The number of anilines is 1. The molecule has 0 unspecified atom stereocenters. The molecule has 1 amide bonds. The second-order valence-corrected chi connectivity index (χ2v) is 9.26. The molecule has 0 spiro atoms. The number of hydrogen-bond acceptors (Lipinski definition) is 7. The van der Waals surface area contributed by atoms with E-state index in [4.69, 9.17) is 21.1 Å². The number of amides is 1. The van der Waals surface area contributed by atoms with Gasteiger partial charge in [-0.1, -0.05) is 48.0 Å². The molecule has 11 heteroatoms. The number of carbonyl (C=O) groups is 2. The van der Waals surface area contributed by atoms with E-state index in [1.165, 1.54) is 31.4 Å². The molecule has 0 aliphatic carbocycles. The molecular weight excluding hydrogens is 590 g/mol. The standard InChI is InChI=1S/C28H17BrClN3O6/c1-38-25-13-16(11-18(15-31)27(34)32-19-9-10-23(30)24(14-19)33(36)37)12-22(29)26(25)39-28(35)21-8-4-6-17-5-2-3-7-20(17)21/h2-14H,1H3,(H,32,34)/b18-11+. The molecule has 0 atom stereocenters. The molecule has 0 bridgehead atoms. The number of ether oxygens (including phenoxy) is 2. The predicted octanol–water partition coefficient (Wildman–Crippen LogP) is 6.94. The van der Waals surface area contributed by atoms with E-state index in [-0.39, 0.29) is 33.5 Å². The highest BCUT2D eigenvalue weighted by molar-refractivity contribution is 9.10. The number of nitro benzene ring substituents is 1. The molecule has 0 radical (unpaired) electrons. The van der Waals surface area contributed by atoms with Crippen molar-refractivity contribution in [2.24, 2.45) is 0 Å². The summed E-state index contributed by atoms with van der Waals surface area (Å²) in [5.41, 5.74) is 0.169. The van der Waals surface area contributed by atoms with Gasteiger partial charge in [-0.15, -0.1) is 0 Å². The third kappa shape index (κ3) is 6.06. The van der Waals surface area contributed by atoms with Gasteiger partial charge in [0.2, 0.25) is 0 Å². The highest BCUT2D eigenvalue weighted by Gasteiger charge is 2.20. The van der Waals surface area contributed by atoms with Crippen molar-refractivity contribution in [2.75, 3.05) is 12.4 Å². The van der Waals surface area contributed by atoms with Crippen LogP contribution in [0.15, 0.2) is 82.8 Å². The molecule has 0 fully saturated rings. The van der Waals surface area contributed by atoms with E-state index in [0.29, 0.717) is 15.6 Å². The lowest BCUT2D eigenvalue weighted by Gasteiger charge is -2.13. The van der Waals surface area contributed by atoms with Crippen LogP contribution < -0.4 is 14.8 Å². The van der Waals surface area contributed by atoms with Crippen molar-refractivity contribution in [2.45, 2.75) is 0 Å². The first-order chi connectivity index (χ1) is 18.7. The van der Waals surface area contributed by atoms with E-state index in [9.17, 15) is 25.0 Å². The van der Waals surface area contributed by atoms with Gasteiger partial charge in [0.15, 0.2) is 11.5 Å². The van der Waals surface area contributed by atoms with Gasteiger partial charge < -0.3 is 14.8 Å². The summed E-state index contributed by atoms with van der Waals surface area (Å²) in [5.74, 6) is -1.10. The number of halogens is 2. The number of carbonyl (C=O) groups excluding carboxylic acids is 2. The molecular formula is C28H17BrClN3O6. The topological polar surface area (TPSA) is 132 Å². The van der Waals surface area contributed by atoms with Crippen LogP contribution in [0.2, 0.25) is 5.02 Å². The number of benzene rings is 4. The van der Waals surface area contributed by atoms with E-state index in [0.717, 1.165) is 16.8 Å². The highest BCUT2D eigenvalue weighted by atomic mass is 79.9. The average Bonchev–Trinajstić information content (AvgIpc) is 2.93. The van der Waals surface area contributed by atoms with Crippen LogP contribution in [-0.2, 0) is 4.79 Å². The SMILES string of the molecule is COc1cc(/C=C(\C#N)C(=O)Nc2ccc(Cl)c([N+](=O)[O-])c2)cc(Br)c1OC(=O)c1cccc2ccccc12. The van der Waals surface area contributed by atoms with E-state index >= 15 is 0 Å². The summed E-state index contributed by atoms with van der Waals surface area (Å²) in [6, 6.07) is 21.3. The van der Waals surface area contributed by atoms with Crippen LogP contribution in [0.3, 0.4) is 0 Å². The molecule has 0 saturated heterocycles. The molecule has 194 valence electrons. The molecule has 9 nitrogen and oxygen atoms in total. The number of nitrogens with one attached hydrogen (secondary N) is 1. The fraction of sp³-hybridized carbons (Fsp3) is 0.0357. The Bertz CT molecular complexity index is 1710. The number of methoxy groups -OCH3 is 1. The molecule has 4 rings (SSSR count). The third-order valence-corrected chi connectivity index (χ3v) is 6.44. The normalized spacial score (nSPS) is 11.0. The van der Waals surface area contributed by atoms with Crippen LogP contribution in [0.1, 0.15) is 15.9 Å². The fourth-order valence-corrected chi connectivity index (χ4v) is 4.44. The Morgan fingerprint density at radius 1 is 1.10 bits per heavy atom. The summed E-state index contributed by atoms with van der Waals surface area (Å²) >= 11 is 9.18. The van der Waals surface area contributed by atoms with Crippen LogP contribution in [0, 0.1) is 21.4 Å². The van der Waals surface area contributed by atoms with E-state index < -0.39 is 16.8 Å². The quantitative estimate of drug-likeness (QED) is 0.0602. The van der Waals surface area contributed by atoms with Crippen molar-refractivity contribution < 1.29 is 24.0 Å². The van der Waals surface area contributed by atoms with Crippen LogP contribution in [0.25, 0.3) is 16.8 Å². The zero-order chi connectivity index (χ0) is 28.1. The number of nitro groups is 1. The van der Waals surface area contributed by atoms with Crippen LogP contribution in [-0.4, -0.2) is 23.9 Å². The number of esters is 1. The summed E-state index contributed by atoms with van der Waals surface area (Å²) in [5, 5.41) is 24.7. The molecule has 0 aromatic heterocycles. The first kappa shape index (κ1) is 27.3. The molecule has 0 aliphatic heterocycles. The Morgan fingerprint density at radius 3 is 2.56 bits per heavy atom. The zero-order valence-electron chi connectivity index (χ0n) is 20.1. The number of fused-ring (bicyclic) bond motifs is 1. The number of rotatable bonds is 7. The van der Waals surface area contributed by atoms with Gasteiger partial charge in [0, 0.05) is 11.8 Å². The smallest absolute Gasteiger partial charge is 0.344 e. The molecule has 4 aromatic carbocycles. The second kappa shape index (κ2) is 11.8. The van der Waals surface area contributed by atoms with Crippen molar-refractivity contribution in [3.63, 3.8) is 0 Å². The average molecular weight is 607 g/mol. The lowest BCUT2D eigenvalue weighted by molar-refractivity contribution is -0.384. The Hall–Kier alpha value is -4.72. The first-order valence-corrected chi connectivity index (χ1v) is 12.3. The minimum absolute atomic E-state index is 0.0895. The maximum Gasteiger partial charge on any atom is 0.344 e. The second-order valence-electron chi connectivity index (χ2n) is 8.00. The first-order valence-electron chi connectivity index (χ1n) is 11.2. The molecule has 0 saturated carbocycles. The van der Waals surface area contributed by atoms with Crippen LogP contribution in [0.5, 0.6) is 11.5 Å². The van der Waals surface area contributed by atoms with Gasteiger partial charge in [-0.3, -0.25) is 14.9 Å². The molecule has 1 N–H and O–H groups in total. The van der Waals surface area contributed by atoms with E-state index in [1.807, 2.05) is 36.4 Å². The van der Waals surface area contributed by atoms with Crippen molar-refractivity contribution in [3.05, 3.63) is 109 Å². The fourth-order valence-electron chi connectivity index (χ4n) is 3.72. The zero-order valence-corrected chi connectivity index (χ0v) is 22.4. The Labute approximate surface area is 235 Å². The van der Waals surface area contributed by atoms with Gasteiger partial charge in [0.25, 0.3) is 11.6 Å². The molecule has 4 aromatic rings. The van der Waals surface area contributed by atoms with Gasteiger partial charge >= 0.3 is 5.97 Å². The van der Waals surface area contributed by atoms with E-state index in [2.05, 4.69) is 21.2 Å². The summed E-state index contributed by atoms with van der Waals surface area (Å²) in [7, 11) is 1.38. The van der Waals surface area contributed by atoms with Gasteiger partial charge in [-0.2, -0.15) is 5.26 Å². The number of hydrogen-bond donors (Lipinski definition) is 1. The Kier molecular flexibility index (Phi) is 8.24. The minimum atomic E-state index is -0.796. The van der Waals surface area contributed by atoms with Gasteiger partial charge in [0.1, 0.15) is 16.7 Å². The van der Waals surface area contributed by atoms with Crippen molar-refractivity contribution >= 4 is 67.6 Å². The number of nitrogens with zero attached hydrogens (tertiary/aromatic N) is 2. The Morgan fingerprint density at radius 2 is 1.85 bits per heavy atom. The maximum atomic E-state index is 13.1. The summed E-state index contributed by atoms with van der Waals surface area (Å²) in [6.45, 7) is 0. The minimum Gasteiger partial charge on any atom is -0.493 e. The monoisotopic (exact) mass is 605 g/mol. The summed E-state index contributed by atoms with van der Waals surface area (Å²) < 4.78 is 11.4. The molecule has 39 heavy (non-hydrogen) atoms. The third-order valence-electron chi connectivity index (χ3n) is 5.53. The molecule has 0 aliphatic rings. The van der Waals surface area contributed by atoms with Crippen molar-refractivity contribution in [1.29, 1.82) is 5.26 Å². The summed E-state index contributed by atoms with van der Waals surface area (Å²) in [4.78, 5) is 36.2. The maximum absolute atomic E-state index is 13.1. The predicted molar refractivity (Wildman–Crippen MR) is 150 cm³/mol. The van der Waals surface area contributed by atoms with Crippen LogP contribution in [0.4, 0.5) is 11.4 Å². The lowest BCUT2D eigenvalue weighted by Crippen LogP contribution is -2.13. The van der Waals surface area contributed by atoms with Crippen molar-refractivity contribution in [1.82, 2.24) is 0 Å². The number of nitriles is 1. The van der Waals surface area contributed by atoms with Gasteiger partial charge in [-0.05, 0) is 68.7 Å². The van der Waals surface area contributed by atoms with Gasteiger partial charge in [-0.25, -0.2) is 4.79 Å². The highest BCUT2D eigenvalue weighted by Crippen LogP contribution is 2.38. The van der Waals surface area contributed by atoms with Gasteiger partial charge in [0.05, 0.1) is 22.1 Å². The molecule has 0 heterocycles. The largest absolute Gasteiger partial charge is 0.493 e. The van der Waals surface area contributed by atoms with E-state index in [1.54, 1.807) is 18.2 Å². The summed E-state index contributed by atoms with van der Waals surface area (Å²) in [6.07, 6.45) is 1.29.